The molecule has 1 aromatic carbocycles. The first kappa shape index (κ1) is 13.8. The first-order chi connectivity index (χ1) is 9.63. The molecule has 2 aromatic rings. The number of ether oxygens (including phenoxy) is 1. The molecular formula is C14H15N3O3. The molecule has 0 bridgehead atoms. The van der Waals surface area contributed by atoms with Crippen molar-refractivity contribution in [1.82, 2.24) is 4.98 Å². The predicted molar refractivity (Wildman–Crippen MR) is 76.3 cm³/mol. The molecule has 1 aromatic heterocycles. The molecule has 6 heteroatoms. The molecule has 0 aliphatic heterocycles. The lowest BCUT2D eigenvalue weighted by atomic mass is 10.2. The van der Waals surface area contributed by atoms with Gasteiger partial charge in [0.2, 0.25) is 0 Å². The largest absolute Gasteiger partial charge is 0.434 e. The van der Waals surface area contributed by atoms with Gasteiger partial charge >= 0.3 is 11.6 Å². The lowest BCUT2D eigenvalue weighted by Crippen LogP contribution is -1.99. The van der Waals surface area contributed by atoms with Crippen molar-refractivity contribution >= 4 is 11.5 Å². The van der Waals surface area contributed by atoms with Crippen LogP contribution >= 0.6 is 0 Å². The van der Waals surface area contributed by atoms with Crippen LogP contribution in [0.5, 0.6) is 11.6 Å². The molecule has 0 aliphatic rings. The molecular weight excluding hydrogens is 258 g/mol. The smallest absolute Gasteiger partial charge is 0.331 e. The molecule has 104 valence electrons. The van der Waals surface area contributed by atoms with E-state index in [4.69, 9.17) is 4.74 Å². The minimum Gasteiger partial charge on any atom is -0.434 e. The summed E-state index contributed by atoms with van der Waals surface area (Å²) in [6, 6.07) is 10.3. The van der Waals surface area contributed by atoms with Crippen LogP contribution in [0.3, 0.4) is 0 Å². The number of pyridine rings is 1. The van der Waals surface area contributed by atoms with Gasteiger partial charge in [-0.1, -0.05) is 19.1 Å². The second-order valence-corrected chi connectivity index (χ2v) is 4.13. The molecule has 0 aliphatic carbocycles. The van der Waals surface area contributed by atoms with Gasteiger partial charge in [0, 0.05) is 13.1 Å². The van der Waals surface area contributed by atoms with E-state index in [1.165, 1.54) is 12.1 Å². The zero-order chi connectivity index (χ0) is 14.5. The van der Waals surface area contributed by atoms with Crippen LogP contribution in [0.2, 0.25) is 0 Å². The summed E-state index contributed by atoms with van der Waals surface area (Å²) in [6.45, 7) is 2.03. The topological polar surface area (TPSA) is 77.3 Å². The van der Waals surface area contributed by atoms with Crippen LogP contribution in [0.25, 0.3) is 0 Å². The maximum Gasteiger partial charge on any atom is 0.331 e. The highest BCUT2D eigenvalue weighted by Crippen LogP contribution is 2.30. The number of benzene rings is 1. The fourth-order valence-electron chi connectivity index (χ4n) is 1.73. The van der Waals surface area contributed by atoms with Gasteiger partial charge in [-0.2, -0.15) is 4.98 Å². The Morgan fingerprint density at radius 3 is 2.80 bits per heavy atom. The first-order valence-corrected chi connectivity index (χ1v) is 6.24. The number of hydrogen-bond donors (Lipinski definition) is 1. The van der Waals surface area contributed by atoms with Crippen LogP contribution in [0.1, 0.15) is 12.5 Å². The number of nitrogens with one attached hydrogen (secondary N) is 1. The van der Waals surface area contributed by atoms with Gasteiger partial charge in [-0.05, 0) is 30.2 Å². The van der Waals surface area contributed by atoms with Gasteiger partial charge in [0.15, 0.2) is 0 Å². The lowest BCUT2D eigenvalue weighted by molar-refractivity contribution is -0.386. The second-order valence-electron chi connectivity index (χ2n) is 4.13. The third kappa shape index (κ3) is 3.03. The summed E-state index contributed by atoms with van der Waals surface area (Å²) in [7, 11) is 1.69. The quantitative estimate of drug-likeness (QED) is 0.667. The van der Waals surface area contributed by atoms with E-state index >= 15 is 0 Å². The Morgan fingerprint density at radius 1 is 1.35 bits per heavy atom. The number of nitro groups is 1. The Kier molecular flexibility index (Phi) is 4.14. The fraction of sp³-hybridized carbons (Fsp3) is 0.214. The van der Waals surface area contributed by atoms with Gasteiger partial charge in [0.1, 0.15) is 11.6 Å². The Balaban J connectivity index is 2.37. The Morgan fingerprint density at radius 2 is 2.15 bits per heavy atom. The van der Waals surface area contributed by atoms with Gasteiger partial charge in [0.05, 0.1) is 4.92 Å². The lowest BCUT2D eigenvalue weighted by Gasteiger charge is -2.08. The summed E-state index contributed by atoms with van der Waals surface area (Å²) >= 11 is 0. The molecule has 0 saturated carbocycles. The summed E-state index contributed by atoms with van der Waals surface area (Å²) in [5.41, 5.74) is 0.931. The fourth-order valence-corrected chi connectivity index (χ4v) is 1.73. The summed E-state index contributed by atoms with van der Waals surface area (Å²) < 4.78 is 5.56. The van der Waals surface area contributed by atoms with E-state index in [9.17, 15) is 10.1 Å². The Bertz CT molecular complexity index is 629. The van der Waals surface area contributed by atoms with Crippen LogP contribution < -0.4 is 10.1 Å². The van der Waals surface area contributed by atoms with Crippen molar-refractivity contribution in [2.24, 2.45) is 0 Å². The molecule has 0 radical (unpaired) electrons. The van der Waals surface area contributed by atoms with E-state index < -0.39 is 4.92 Å². The maximum absolute atomic E-state index is 11.0. The van der Waals surface area contributed by atoms with Crippen LogP contribution in [-0.4, -0.2) is 17.0 Å². The Hall–Kier alpha value is -2.63. The number of aromatic nitrogens is 1. The third-order valence-electron chi connectivity index (χ3n) is 2.81. The highest BCUT2D eigenvalue weighted by atomic mass is 16.6. The number of aryl methyl sites for hydroxylation is 1. The van der Waals surface area contributed by atoms with Crippen molar-refractivity contribution in [3.63, 3.8) is 0 Å². The van der Waals surface area contributed by atoms with E-state index in [2.05, 4.69) is 10.3 Å². The molecule has 1 heterocycles. The molecule has 2 rings (SSSR count). The van der Waals surface area contributed by atoms with E-state index in [-0.39, 0.29) is 11.6 Å². The van der Waals surface area contributed by atoms with Crippen molar-refractivity contribution in [3.05, 3.63) is 52.1 Å². The van der Waals surface area contributed by atoms with Crippen LogP contribution in [0.15, 0.2) is 36.4 Å². The van der Waals surface area contributed by atoms with Crippen molar-refractivity contribution in [2.45, 2.75) is 13.3 Å². The van der Waals surface area contributed by atoms with Gasteiger partial charge in [-0.3, -0.25) is 10.1 Å². The van der Waals surface area contributed by atoms with E-state index in [0.29, 0.717) is 11.6 Å². The van der Waals surface area contributed by atoms with Crippen LogP contribution in [0.4, 0.5) is 11.5 Å². The van der Waals surface area contributed by atoms with Gasteiger partial charge in [-0.15, -0.1) is 0 Å². The molecule has 0 unspecified atom stereocenters. The Labute approximate surface area is 116 Å². The summed E-state index contributed by atoms with van der Waals surface area (Å²) in [5, 5.41) is 13.8. The van der Waals surface area contributed by atoms with E-state index in [0.717, 1.165) is 12.0 Å². The minimum atomic E-state index is -0.508. The zero-order valence-corrected chi connectivity index (χ0v) is 11.3. The zero-order valence-electron chi connectivity index (χ0n) is 11.3. The summed E-state index contributed by atoms with van der Waals surface area (Å²) in [6.07, 6.45) is 0.864. The maximum atomic E-state index is 11.0. The third-order valence-corrected chi connectivity index (χ3v) is 2.81. The average molecular weight is 273 g/mol. The molecule has 0 atom stereocenters. The SMILES string of the molecule is CCc1cccc(Oc2nc(NC)ccc2[N+](=O)[O-])c1. The van der Waals surface area contributed by atoms with Crippen molar-refractivity contribution in [2.75, 3.05) is 12.4 Å². The van der Waals surface area contributed by atoms with Gasteiger partial charge in [-0.25, -0.2) is 0 Å². The highest BCUT2D eigenvalue weighted by Gasteiger charge is 2.18. The van der Waals surface area contributed by atoms with E-state index in [1.54, 1.807) is 13.1 Å². The second kappa shape index (κ2) is 6.01. The molecule has 0 saturated heterocycles. The van der Waals surface area contributed by atoms with Crippen molar-refractivity contribution in [1.29, 1.82) is 0 Å². The summed E-state index contributed by atoms with van der Waals surface area (Å²) in [5.74, 6) is 1.03. The molecule has 20 heavy (non-hydrogen) atoms. The number of rotatable bonds is 5. The van der Waals surface area contributed by atoms with E-state index in [1.807, 2.05) is 25.1 Å². The molecule has 6 nitrogen and oxygen atoms in total. The van der Waals surface area contributed by atoms with Crippen molar-refractivity contribution < 1.29 is 9.66 Å². The van der Waals surface area contributed by atoms with Crippen LogP contribution in [0, 0.1) is 10.1 Å². The molecule has 0 fully saturated rings. The number of nitrogens with zero attached hydrogens (tertiary/aromatic N) is 2. The van der Waals surface area contributed by atoms with Gasteiger partial charge < -0.3 is 10.1 Å². The summed E-state index contributed by atoms with van der Waals surface area (Å²) in [4.78, 5) is 14.6. The first-order valence-electron chi connectivity index (χ1n) is 6.24. The predicted octanol–water partition coefficient (Wildman–Crippen LogP) is 3.39. The monoisotopic (exact) mass is 273 g/mol. The number of anilines is 1. The van der Waals surface area contributed by atoms with Crippen molar-refractivity contribution in [3.8, 4) is 11.6 Å². The van der Waals surface area contributed by atoms with Gasteiger partial charge in [0.25, 0.3) is 0 Å². The minimum absolute atomic E-state index is 0.0184. The number of hydrogen-bond acceptors (Lipinski definition) is 5. The highest BCUT2D eigenvalue weighted by molar-refractivity contribution is 5.50. The molecule has 1 N–H and O–H groups in total. The average Bonchev–Trinajstić information content (AvgIpc) is 2.47. The van der Waals surface area contributed by atoms with Crippen LogP contribution in [-0.2, 0) is 6.42 Å². The standard InChI is InChI=1S/C14H15N3O3/c1-3-10-5-4-6-11(9-10)20-14-12(17(18)19)7-8-13(15-2)16-14/h4-9H,3H2,1-2H3,(H,15,16). The normalized spacial score (nSPS) is 10.1. The molecule has 0 spiro atoms. The molecule has 0 amide bonds.